The van der Waals surface area contributed by atoms with Crippen molar-refractivity contribution in [3.05, 3.63) is 18.2 Å². The number of rotatable bonds is 6. The van der Waals surface area contributed by atoms with Gasteiger partial charge in [0.2, 0.25) is 10.0 Å². The van der Waals surface area contributed by atoms with Gasteiger partial charge in [-0.05, 0) is 31.5 Å². The fraction of sp³-hybridized carbons (Fsp3) is 0.455. The van der Waals surface area contributed by atoms with Crippen molar-refractivity contribution in [2.24, 2.45) is 5.14 Å². The third kappa shape index (κ3) is 4.17. The fourth-order valence-electron chi connectivity index (χ4n) is 1.47. The molecular weight excluding hydrogens is 254 g/mol. The number of anilines is 2. The van der Waals surface area contributed by atoms with Gasteiger partial charge in [-0.25, -0.2) is 13.6 Å². The first kappa shape index (κ1) is 14.7. The Kier molecular flexibility index (Phi) is 4.94. The van der Waals surface area contributed by atoms with E-state index in [1.54, 1.807) is 7.11 Å². The van der Waals surface area contributed by atoms with Crippen molar-refractivity contribution in [1.29, 1.82) is 0 Å². The molecule has 0 bridgehead atoms. The standard InChI is InChI=1S/C11H19N3O3S/c1-8(5-6-17-2)14-11-7-9(18(13,15)16)3-4-10(11)12/h3-4,7-8,14H,5-6,12H2,1-2H3,(H2,13,15,16). The van der Waals surface area contributed by atoms with Gasteiger partial charge < -0.3 is 15.8 Å². The van der Waals surface area contributed by atoms with Crippen LogP contribution in [0.25, 0.3) is 0 Å². The number of hydrogen-bond donors (Lipinski definition) is 3. The van der Waals surface area contributed by atoms with Crippen molar-refractivity contribution in [2.75, 3.05) is 24.8 Å². The third-order valence-corrected chi connectivity index (χ3v) is 3.42. The van der Waals surface area contributed by atoms with Gasteiger partial charge in [0.1, 0.15) is 0 Å². The molecule has 0 radical (unpaired) electrons. The number of nitrogens with two attached hydrogens (primary N) is 2. The van der Waals surface area contributed by atoms with Crippen LogP contribution < -0.4 is 16.2 Å². The minimum atomic E-state index is -3.72. The molecular formula is C11H19N3O3S. The van der Waals surface area contributed by atoms with Crippen LogP contribution in [0.1, 0.15) is 13.3 Å². The van der Waals surface area contributed by atoms with Crippen molar-refractivity contribution < 1.29 is 13.2 Å². The van der Waals surface area contributed by atoms with E-state index in [2.05, 4.69) is 5.32 Å². The highest BCUT2D eigenvalue weighted by molar-refractivity contribution is 7.89. The predicted octanol–water partition coefficient (Wildman–Crippen LogP) is 0.753. The van der Waals surface area contributed by atoms with E-state index in [9.17, 15) is 8.42 Å². The normalized spacial score (nSPS) is 13.3. The lowest BCUT2D eigenvalue weighted by molar-refractivity contribution is 0.191. The molecule has 0 saturated carbocycles. The molecule has 6 nitrogen and oxygen atoms in total. The maximum absolute atomic E-state index is 11.2. The topological polar surface area (TPSA) is 107 Å². The third-order valence-electron chi connectivity index (χ3n) is 2.51. The minimum absolute atomic E-state index is 0.0399. The van der Waals surface area contributed by atoms with Gasteiger partial charge in [0.15, 0.2) is 0 Å². The molecule has 0 amide bonds. The highest BCUT2D eigenvalue weighted by Crippen LogP contribution is 2.23. The zero-order valence-electron chi connectivity index (χ0n) is 10.5. The van der Waals surface area contributed by atoms with Crippen molar-refractivity contribution in [3.8, 4) is 0 Å². The molecule has 0 fully saturated rings. The first-order chi connectivity index (χ1) is 8.34. The van der Waals surface area contributed by atoms with Crippen molar-refractivity contribution in [3.63, 3.8) is 0 Å². The number of ether oxygens (including phenoxy) is 1. The van der Waals surface area contributed by atoms with Gasteiger partial charge in [-0.1, -0.05) is 0 Å². The zero-order chi connectivity index (χ0) is 13.8. The van der Waals surface area contributed by atoms with Gasteiger partial charge in [-0.15, -0.1) is 0 Å². The Morgan fingerprint density at radius 1 is 1.44 bits per heavy atom. The molecule has 5 N–H and O–H groups in total. The molecule has 1 atom stereocenters. The smallest absolute Gasteiger partial charge is 0.238 e. The van der Waals surface area contributed by atoms with E-state index in [1.807, 2.05) is 6.92 Å². The summed E-state index contributed by atoms with van der Waals surface area (Å²) >= 11 is 0. The SMILES string of the molecule is COCCC(C)Nc1cc(S(N)(=O)=O)ccc1N. The second-order valence-corrected chi connectivity index (χ2v) is 5.68. The second kappa shape index (κ2) is 6.03. The first-order valence-electron chi connectivity index (χ1n) is 5.52. The summed E-state index contributed by atoms with van der Waals surface area (Å²) in [6, 6.07) is 4.46. The van der Waals surface area contributed by atoms with E-state index in [4.69, 9.17) is 15.6 Å². The molecule has 1 rings (SSSR count). The summed E-state index contributed by atoms with van der Waals surface area (Å²) in [7, 11) is -2.09. The van der Waals surface area contributed by atoms with Crippen LogP contribution in [0.3, 0.4) is 0 Å². The number of hydrogen-bond acceptors (Lipinski definition) is 5. The van der Waals surface area contributed by atoms with E-state index >= 15 is 0 Å². The van der Waals surface area contributed by atoms with E-state index in [0.29, 0.717) is 18.0 Å². The number of sulfonamides is 1. The van der Waals surface area contributed by atoms with E-state index in [-0.39, 0.29) is 10.9 Å². The number of benzene rings is 1. The van der Waals surface area contributed by atoms with Gasteiger partial charge in [0.05, 0.1) is 16.3 Å². The molecule has 7 heteroatoms. The van der Waals surface area contributed by atoms with Gasteiger partial charge in [0, 0.05) is 19.8 Å². The molecule has 102 valence electrons. The van der Waals surface area contributed by atoms with Crippen LogP contribution in [0.15, 0.2) is 23.1 Å². The molecule has 0 aliphatic heterocycles. The maximum atomic E-state index is 11.2. The second-order valence-electron chi connectivity index (χ2n) is 4.12. The monoisotopic (exact) mass is 273 g/mol. The van der Waals surface area contributed by atoms with Crippen molar-refractivity contribution in [1.82, 2.24) is 0 Å². The Labute approximate surface area is 107 Å². The quantitative estimate of drug-likeness (QED) is 0.663. The maximum Gasteiger partial charge on any atom is 0.238 e. The molecule has 0 heterocycles. The number of nitrogens with one attached hydrogen (secondary N) is 1. The Balaban J connectivity index is 2.88. The molecule has 1 unspecified atom stereocenters. The van der Waals surface area contributed by atoms with Crippen LogP contribution in [-0.2, 0) is 14.8 Å². The first-order valence-corrected chi connectivity index (χ1v) is 7.07. The average molecular weight is 273 g/mol. The van der Waals surface area contributed by atoms with Gasteiger partial charge >= 0.3 is 0 Å². The Morgan fingerprint density at radius 2 is 2.11 bits per heavy atom. The van der Waals surface area contributed by atoms with Crippen LogP contribution in [0, 0.1) is 0 Å². The Morgan fingerprint density at radius 3 is 2.67 bits per heavy atom. The largest absolute Gasteiger partial charge is 0.397 e. The molecule has 0 aromatic heterocycles. The summed E-state index contributed by atoms with van der Waals surface area (Å²) < 4.78 is 27.5. The van der Waals surface area contributed by atoms with Crippen LogP contribution in [-0.4, -0.2) is 28.2 Å². The van der Waals surface area contributed by atoms with Crippen LogP contribution in [0.5, 0.6) is 0 Å². The summed E-state index contributed by atoms with van der Waals surface area (Å²) in [4.78, 5) is 0.0399. The van der Waals surface area contributed by atoms with E-state index in [0.717, 1.165) is 6.42 Å². The lowest BCUT2D eigenvalue weighted by Gasteiger charge is -2.17. The fourth-order valence-corrected chi connectivity index (χ4v) is 2.01. The molecule has 1 aromatic carbocycles. The van der Waals surface area contributed by atoms with Crippen LogP contribution in [0.4, 0.5) is 11.4 Å². The lowest BCUT2D eigenvalue weighted by atomic mass is 10.2. The molecule has 0 aliphatic carbocycles. The van der Waals surface area contributed by atoms with Crippen LogP contribution >= 0.6 is 0 Å². The summed E-state index contributed by atoms with van der Waals surface area (Å²) in [5.74, 6) is 0. The highest BCUT2D eigenvalue weighted by Gasteiger charge is 2.11. The molecule has 0 saturated heterocycles. The predicted molar refractivity (Wildman–Crippen MR) is 71.8 cm³/mol. The lowest BCUT2D eigenvalue weighted by Crippen LogP contribution is -2.19. The van der Waals surface area contributed by atoms with Gasteiger partial charge in [-0.3, -0.25) is 0 Å². The minimum Gasteiger partial charge on any atom is -0.397 e. The average Bonchev–Trinajstić information content (AvgIpc) is 2.28. The van der Waals surface area contributed by atoms with Crippen molar-refractivity contribution in [2.45, 2.75) is 24.3 Å². The molecule has 1 aromatic rings. The Hall–Kier alpha value is -1.31. The Bertz CT molecular complexity index is 502. The zero-order valence-corrected chi connectivity index (χ0v) is 11.3. The van der Waals surface area contributed by atoms with Crippen molar-refractivity contribution >= 4 is 21.4 Å². The number of nitrogen functional groups attached to an aromatic ring is 1. The number of primary sulfonamides is 1. The summed E-state index contributed by atoms with van der Waals surface area (Å²) in [6.07, 6.45) is 0.787. The van der Waals surface area contributed by atoms with Gasteiger partial charge in [0.25, 0.3) is 0 Å². The van der Waals surface area contributed by atoms with E-state index < -0.39 is 10.0 Å². The molecule has 0 aliphatic rings. The summed E-state index contributed by atoms with van der Waals surface area (Å²) in [5, 5.41) is 8.20. The number of methoxy groups -OCH3 is 1. The van der Waals surface area contributed by atoms with Gasteiger partial charge in [-0.2, -0.15) is 0 Å². The molecule has 18 heavy (non-hydrogen) atoms. The summed E-state index contributed by atoms with van der Waals surface area (Å²) in [6.45, 7) is 2.57. The molecule has 0 spiro atoms. The van der Waals surface area contributed by atoms with E-state index in [1.165, 1.54) is 18.2 Å². The van der Waals surface area contributed by atoms with Crippen LogP contribution in [0.2, 0.25) is 0 Å². The summed E-state index contributed by atoms with van der Waals surface area (Å²) in [5.41, 5.74) is 6.82. The highest BCUT2D eigenvalue weighted by atomic mass is 32.2.